The highest BCUT2D eigenvalue weighted by Gasteiger charge is 2.38. The van der Waals surface area contributed by atoms with E-state index >= 15 is 4.39 Å². The minimum absolute atomic E-state index is 0.0725. The minimum Gasteiger partial charge on any atom is -0.481 e. The van der Waals surface area contributed by atoms with Crippen LogP contribution in [-0.2, 0) is 21.4 Å². The number of carboxylic acid groups (broad SMARTS) is 1. The van der Waals surface area contributed by atoms with Crippen LogP contribution in [0.3, 0.4) is 0 Å². The third kappa shape index (κ3) is 5.15. The third-order valence-corrected chi connectivity index (χ3v) is 8.09. The number of aromatic nitrogens is 3. The van der Waals surface area contributed by atoms with Gasteiger partial charge in [0.2, 0.25) is 0 Å². The maximum Gasteiger partial charge on any atom is 0.303 e. The van der Waals surface area contributed by atoms with E-state index in [-0.39, 0.29) is 6.42 Å². The van der Waals surface area contributed by atoms with Crippen molar-refractivity contribution in [2.24, 2.45) is 0 Å². The number of aryl methyl sites for hydroxylation is 1. The first-order valence-electron chi connectivity index (χ1n) is 12.8. The van der Waals surface area contributed by atoms with E-state index in [2.05, 4.69) is 27.1 Å². The molecule has 0 amide bonds. The average Bonchev–Trinajstić information content (AvgIpc) is 3.64. The van der Waals surface area contributed by atoms with E-state index in [0.717, 1.165) is 39.9 Å². The van der Waals surface area contributed by atoms with Crippen molar-refractivity contribution in [2.45, 2.75) is 31.1 Å². The number of benzene rings is 3. The Kier molecular flexibility index (Phi) is 6.85. The van der Waals surface area contributed by atoms with Crippen molar-refractivity contribution < 1.29 is 23.8 Å². The standard InChI is InChI=1S/C30H26FN3O4S/c31-24-7-5-21(38-22-6-8-26-25(16-22)33-18-39-26)15-23(24)29-32-17-27(34-29)30(10-12-37-13-11-30)20-3-1-2-19(14-20)4-9-28(35)36/h1-3,5-8,14-18H,4,9-13H2,(H,32,34)(H,35,36). The number of imidazole rings is 1. The Morgan fingerprint density at radius 1 is 1.08 bits per heavy atom. The molecular formula is C30H26FN3O4S. The van der Waals surface area contributed by atoms with E-state index < -0.39 is 17.2 Å². The largest absolute Gasteiger partial charge is 0.481 e. The Labute approximate surface area is 228 Å². The molecule has 5 aromatic rings. The maximum atomic E-state index is 15.0. The fourth-order valence-electron chi connectivity index (χ4n) is 5.20. The smallest absolute Gasteiger partial charge is 0.303 e. The highest BCUT2D eigenvalue weighted by molar-refractivity contribution is 7.16. The van der Waals surface area contributed by atoms with E-state index in [1.165, 1.54) is 6.07 Å². The van der Waals surface area contributed by atoms with E-state index in [0.29, 0.717) is 42.5 Å². The number of hydrogen-bond acceptors (Lipinski definition) is 6. The quantitative estimate of drug-likeness (QED) is 0.225. The molecule has 0 unspecified atom stereocenters. The van der Waals surface area contributed by atoms with Gasteiger partial charge in [-0.25, -0.2) is 14.4 Å². The summed E-state index contributed by atoms with van der Waals surface area (Å²) >= 11 is 1.56. The summed E-state index contributed by atoms with van der Waals surface area (Å²) in [6.45, 7) is 1.16. The predicted octanol–water partition coefficient (Wildman–Crippen LogP) is 6.73. The molecule has 0 aliphatic carbocycles. The van der Waals surface area contributed by atoms with E-state index in [1.807, 2.05) is 30.3 Å². The Morgan fingerprint density at radius 2 is 1.90 bits per heavy atom. The van der Waals surface area contributed by atoms with Crippen LogP contribution in [0.4, 0.5) is 4.39 Å². The Bertz CT molecular complexity index is 1640. The van der Waals surface area contributed by atoms with Gasteiger partial charge < -0.3 is 19.6 Å². The van der Waals surface area contributed by atoms with Gasteiger partial charge in [0.15, 0.2) is 0 Å². The highest BCUT2D eigenvalue weighted by Crippen LogP contribution is 2.42. The third-order valence-electron chi connectivity index (χ3n) is 7.28. The van der Waals surface area contributed by atoms with Crippen LogP contribution in [0.2, 0.25) is 0 Å². The number of aliphatic carboxylic acids is 1. The molecule has 39 heavy (non-hydrogen) atoms. The van der Waals surface area contributed by atoms with Gasteiger partial charge in [-0.1, -0.05) is 24.3 Å². The molecular weight excluding hydrogens is 517 g/mol. The number of nitrogens with zero attached hydrogens (tertiary/aromatic N) is 2. The number of ether oxygens (including phenoxy) is 2. The summed E-state index contributed by atoms with van der Waals surface area (Å²) < 4.78 is 27.8. The zero-order valence-electron chi connectivity index (χ0n) is 21.0. The summed E-state index contributed by atoms with van der Waals surface area (Å²) in [5, 5.41) is 9.12. The molecule has 6 rings (SSSR count). The van der Waals surface area contributed by atoms with E-state index in [9.17, 15) is 4.79 Å². The van der Waals surface area contributed by atoms with Gasteiger partial charge >= 0.3 is 5.97 Å². The van der Waals surface area contributed by atoms with Gasteiger partial charge in [0.25, 0.3) is 0 Å². The fourth-order valence-corrected chi connectivity index (χ4v) is 5.86. The molecule has 0 spiro atoms. The molecule has 3 aromatic carbocycles. The van der Waals surface area contributed by atoms with Crippen LogP contribution in [0.25, 0.3) is 21.6 Å². The van der Waals surface area contributed by atoms with E-state index in [4.69, 9.17) is 14.6 Å². The predicted molar refractivity (Wildman–Crippen MR) is 147 cm³/mol. The van der Waals surface area contributed by atoms with Crippen LogP contribution < -0.4 is 4.74 Å². The van der Waals surface area contributed by atoms with Crippen LogP contribution in [-0.4, -0.2) is 39.2 Å². The van der Waals surface area contributed by atoms with Crippen LogP contribution in [0.5, 0.6) is 11.5 Å². The fraction of sp³-hybridized carbons (Fsp3) is 0.233. The van der Waals surface area contributed by atoms with Crippen LogP contribution in [0.1, 0.15) is 36.1 Å². The molecule has 0 radical (unpaired) electrons. The van der Waals surface area contributed by atoms with Gasteiger partial charge in [-0.05, 0) is 60.7 Å². The number of H-pyrrole nitrogens is 1. The number of carboxylic acids is 1. The Hall–Kier alpha value is -4.08. The molecule has 9 heteroatoms. The van der Waals surface area contributed by atoms with Crippen molar-refractivity contribution >= 4 is 27.5 Å². The van der Waals surface area contributed by atoms with E-state index in [1.54, 1.807) is 35.2 Å². The Morgan fingerprint density at radius 3 is 2.74 bits per heavy atom. The first kappa shape index (κ1) is 25.2. The number of rotatable bonds is 8. The normalized spacial score (nSPS) is 14.9. The van der Waals surface area contributed by atoms with Gasteiger partial charge in [-0.15, -0.1) is 11.3 Å². The maximum absolute atomic E-state index is 15.0. The summed E-state index contributed by atoms with van der Waals surface area (Å²) in [5.74, 6) is 0.294. The number of nitrogens with one attached hydrogen (secondary N) is 1. The topological polar surface area (TPSA) is 97.3 Å². The lowest BCUT2D eigenvalue weighted by molar-refractivity contribution is -0.136. The second kappa shape index (κ2) is 10.6. The van der Waals surface area contributed by atoms with Crippen molar-refractivity contribution in [1.82, 2.24) is 15.0 Å². The second-order valence-corrected chi connectivity index (χ2v) is 10.5. The minimum atomic E-state index is -0.823. The number of hydrogen-bond donors (Lipinski definition) is 2. The lowest BCUT2D eigenvalue weighted by Crippen LogP contribution is -2.35. The van der Waals surface area contributed by atoms with Crippen LogP contribution in [0, 0.1) is 5.82 Å². The summed E-state index contributed by atoms with van der Waals surface area (Å²) in [7, 11) is 0. The van der Waals surface area contributed by atoms with Gasteiger partial charge in [-0.2, -0.15) is 0 Å². The molecule has 2 N–H and O–H groups in total. The molecule has 1 aliphatic rings. The zero-order valence-corrected chi connectivity index (χ0v) is 21.8. The summed E-state index contributed by atoms with van der Waals surface area (Å²) in [5.41, 5.74) is 5.45. The summed E-state index contributed by atoms with van der Waals surface area (Å²) in [6.07, 6.45) is 3.75. The van der Waals surface area contributed by atoms with Gasteiger partial charge in [0, 0.05) is 43.0 Å². The summed E-state index contributed by atoms with van der Waals surface area (Å²) in [6, 6.07) is 18.3. The molecule has 1 saturated heterocycles. The monoisotopic (exact) mass is 543 g/mol. The highest BCUT2D eigenvalue weighted by atomic mass is 32.1. The lowest BCUT2D eigenvalue weighted by atomic mass is 9.71. The lowest BCUT2D eigenvalue weighted by Gasteiger charge is -2.37. The Balaban J connectivity index is 1.32. The van der Waals surface area contributed by atoms with Crippen molar-refractivity contribution in [2.75, 3.05) is 13.2 Å². The number of thiazole rings is 1. The second-order valence-electron chi connectivity index (χ2n) is 9.66. The average molecular weight is 544 g/mol. The summed E-state index contributed by atoms with van der Waals surface area (Å²) in [4.78, 5) is 23.4. The molecule has 2 aromatic heterocycles. The van der Waals surface area contributed by atoms with Crippen molar-refractivity contribution in [3.8, 4) is 22.9 Å². The van der Waals surface area contributed by atoms with Crippen molar-refractivity contribution in [1.29, 1.82) is 0 Å². The van der Waals surface area contributed by atoms with Gasteiger partial charge in [0.05, 0.1) is 21.3 Å². The first-order valence-corrected chi connectivity index (χ1v) is 13.6. The number of aromatic amines is 1. The SMILES string of the molecule is O=C(O)CCc1cccc(C2(c3cnc(-c4cc(Oc5ccc6scnc6c5)ccc4F)[nH]3)CCOCC2)c1. The number of fused-ring (bicyclic) bond motifs is 1. The van der Waals surface area contributed by atoms with Crippen molar-refractivity contribution in [3.63, 3.8) is 0 Å². The van der Waals surface area contributed by atoms with Gasteiger partial charge in [0.1, 0.15) is 23.1 Å². The van der Waals surface area contributed by atoms with Crippen LogP contribution in [0.15, 0.2) is 72.4 Å². The molecule has 0 atom stereocenters. The molecule has 1 aliphatic heterocycles. The zero-order chi connectivity index (χ0) is 26.8. The van der Waals surface area contributed by atoms with Crippen molar-refractivity contribution in [3.05, 3.63) is 95.0 Å². The van der Waals surface area contributed by atoms with Gasteiger partial charge in [-0.3, -0.25) is 4.79 Å². The molecule has 7 nitrogen and oxygen atoms in total. The van der Waals surface area contributed by atoms with Crippen LogP contribution >= 0.6 is 11.3 Å². The molecule has 3 heterocycles. The molecule has 1 fully saturated rings. The molecule has 0 saturated carbocycles. The molecule has 198 valence electrons. The molecule has 0 bridgehead atoms. The number of carbonyl (C=O) groups is 1. The first-order chi connectivity index (χ1) is 19.0. The number of halogens is 1.